The molecule has 1 rings (SSSR count). The van der Waals surface area contributed by atoms with E-state index in [9.17, 15) is 0 Å². The normalized spacial score (nSPS) is 10.9. The molecule has 4 heteroatoms. The Labute approximate surface area is 72.6 Å². The van der Waals surface area contributed by atoms with E-state index < -0.39 is 0 Å². The molecule has 0 unspecified atom stereocenters. The molecule has 0 saturated carbocycles. The average Bonchev–Trinajstić information content (AvgIpc) is 2.49. The topological polar surface area (TPSA) is 39.9 Å². The van der Waals surface area contributed by atoms with Crippen LogP contribution in [-0.4, -0.2) is 27.5 Å². The van der Waals surface area contributed by atoms with Gasteiger partial charge in [0.25, 0.3) is 0 Å². The fourth-order valence-corrected chi connectivity index (χ4v) is 0.904. The van der Waals surface area contributed by atoms with Crippen molar-refractivity contribution in [3.63, 3.8) is 0 Å². The van der Waals surface area contributed by atoms with Gasteiger partial charge in [0.2, 0.25) is 0 Å². The Kier molecular flexibility index (Phi) is 3.73. The quantitative estimate of drug-likeness (QED) is 0.619. The number of ether oxygens (including phenoxy) is 1. The first kappa shape index (κ1) is 9.19. The van der Waals surface area contributed by atoms with Gasteiger partial charge in [-0.3, -0.25) is 0 Å². The van der Waals surface area contributed by atoms with E-state index in [-0.39, 0.29) is 0 Å². The van der Waals surface area contributed by atoms with Crippen LogP contribution in [0.5, 0.6) is 0 Å². The van der Waals surface area contributed by atoms with Crippen LogP contribution in [0.15, 0.2) is 12.7 Å². The number of aryl methyl sites for hydroxylation is 1. The molecule has 0 bridgehead atoms. The Hall–Kier alpha value is -0.900. The lowest BCUT2D eigenvalue weighted by molar-refractivity contribution is 0.0748. The van der Waals surface area contributed by atoms with Gasteiger partial charge in [-0.25, -0.2) is 0 Å². The van der Waals surface area contributed by atoms with Crippen LogP contribution >= 0.6 is 0 Å². The molecular formula is C8H15N3O. The predicted molar refractivity (Wildman–Crippen MR) is 45.7 cm³/mol. The number of nitrogens with zero attached hydrogens (tertiary/aromatic N) is 3. The van der Waals surface area contributed by atoms with E-state index in [0.717, 1.165) is 19.6 Å². The van der Waals surface area contributed by atoms with E-state index in [4.69, 9.17) is 4.74 Å². The third-order valence-electron chi connectivity index (χ3n) is 1.48. The maximum Gasteiger partial charge on any atom is 0.119 e. The zero-order valence-electron chi connectivity index (χ0n) is 7.60. The molecule has 1 heterocycles. The molecule has 0 N–H and O–H groups in total. The van der Waals surface area contributed by atoms with Crippen molar-refractivity contribution in [1.82, 2.24) is 14.8 Å². The maximum atomic E-state index is 5.39. The summed E-state index contributed by atoms with van der Waals surface area (Å²) in [5.74, 6) is 0. The number of aromatic nitrogens is 3. The van der Waals surface area contributed by atoms with E-state index in [1.165, 1.54) is 0 Å². The minimum Gasteiger partial charge on any atom is -0.379 e. The van der Waals surface area contributed by atoms with Crippen molar-refractivity contribution >= 4 is 0 Å². The lowest BCUT2D eigenvalue weighted by atomic mass is 10.4. The van der Waals surface area contributed by atoms with Crippen molar-refractivity contribution in [3.05, 3.63) is 12.7 Å². The molecule has 0 amide bonds. The van der Waals surface area contributed by atoms with Gasteiger partial charge in [-0.05, 0) is 20.3 Å². The summed E-state index contributed by atoms with van der Waals surface area (Å²) >= 11 is 0. The average molecular weight is 169 g/mol. The van der Waals surface area contributed by atoms with Crippen LogP contribution in [-0.2, 0) is 11.3 Å². The zero-order valence-corrected chi connectivity index (χ0v) is 7.60. The van der Waals surface area contributed by atoms with Gasteiger partial charge in [-0.15, -0.1) is 10.2 Å². The molecule has 0 aliphatic carbocycles. The molecule has 4 nitrogen and oxygen atoms in total. The largest absolute Gasteiger partial charge is 0.379 e. The fraction of sp³-hybridized carbons (Fsp3) is 0.750. The monoisotopic (exact) mass is 169 g/mol. The number of hydrogen-bond acceptors (Lipinski definition) is 3. The van der Waals surface area contributed by atoms with E-state index >= 15 is 0 Å². The highest BCUT2D eigenvalue weighted by Crippen LogP contribution is 1.93. The molecule has 0 aromatic carbocycles. The van der Waals surface area contributed by atoms with Crippen LogP contribution in [0.25, 0.3) is 0 Å². The summed E-state index contributed by atoms with van der Waals surface area (Å²) in [6, 6.07) is 0. The summed E-state index contributed by atoms with van der Waals surface area (Å²) in [6.07, 6.45) is 4.77. The summed E-state index contributed by atoms with van der Waals surface area (Å²) in [5, 5.41) is 7.42. The molecule has 0 saturated heterocycles. The first-order valence-electron chi connectivity index (χ1n) is 4.23. The third kappa shape index (κ3) is 3.48. The highest BCUT2D eigenvalue weighted by Gasteiger charge is 1.93. The van der Waals surface area contributed by atoms with Gasteiger partial charge in [-0.1, -0.05) is 0 Å². The smallest absolute Gasteiger partial charge is 0.119 e. The molecule has 12 heavy (non-hydrogen) atoms. The molecule has 1 aromatic heterocycles. The van der Waals surface area contributed by atoms with Gasteiger partial charge in [0, 0.05) is 13.2 Å². The summed E-state index contributed by atoms with van der Waals surface area (Å²) in [5.41, 5.74) is 0. The molecule has 0 aliphatic heterocycles. The Morgan fingerprint density at radius 2 is 2.00 bits per heavy atom. The van der Waals surface area contributed by atoms with E-state index in [1.807, 2.05) is 18.4 Å². The molecule has 0 fully saturated rings. The molecule has 0 atom stereocenters. The number of rotatable bonds is 5. The summed E-state index contributed by atoms with van der Waals surface area (Å²) in [6.45, 7) is 5.81. The Balaban J connectivity index is 2.04. The van der Waals surface area contributed by atoms with Gasteiger partial charge in [0.05, 0.1) is 6.10 Å². The van der Waals surface area contributed by atoms with E-state index in [1.54, 1.807) is 12.7 Å². The fourth-order valence-electron chi connectivity index (χ4n) is 0.904. The van der Waals surface area contributed by atoms with Gasteiger partial charge in [-0.2, -0.15) is 0 Å². The number of hydrogen-bond donors (Lipinski definition) is 0. The summed E-state index contributed by atoms with van der Waals surface area (Å²) < 4.78 is 7.33. The lowest BCUT2D eigenvalue weighted by Crippen LogP contribution is -2.06. The molecular weight excluding hydrogens is 154 g/mol. The highest BCUT2D eigenvalue weighted by molar-refractivity contribution is 4.59. The van der Waals surface area contributed by atoms with Crippen molar-refractivity contribution in [1.29, 1.82) is 0 Å². The first-order valence-corrected chi connectivity index (χ1v) is 4.23. The standard InChI is InChI=1S/C8H15N3O/c1-8(2)12-5-3-4-11-6-9-10-7-11/h6-8H,3-5H2,1-2H3. The maximum absolute atomic E-state index is 5.39. The SMILES string of the molecule is CC(C)OCCCn1cnnc1. The third-order valence-corrected chi connectivity index (χ3v) is 1.48. The van der Waals surface area contributed by atoms with Crippen molar-refractivity contribution in [2.75, 3.05) is 6.61 Å². The molecule has 0 spiro atoms. The molecule has 0 radical (unpaired) electrons. The Morgan fingerprint density at radius 1 is 1.33 bits per heavy atom. The van der Waals surface area contributed by atoms with Crippen LogP contribution in [0, 0.1) is 0 Å². The molecule has 0 aliphatic rings. The van der Waals surface area contributed by atoms with Crippen molar-refractivity contribution in [2.45, 2.75) is 32.9 Å². The van der Waals surface area contributed by atoms with Crippen molar-refractivity contribution in [2.24, 2.45) is 0 Å². The van der Waals surface area contributed by atoms with Crippen molar-refractivity contribution in [3.8, 4) is 0 Å². The van der Waals surface area contributed by atoms with Crippen LogP contribution in [0.1, 0.15) is 20.3 Å². The van der Waals surface area contributed by atoms with Gasteiger partial charge in [0.1, 0.15) is 12.7 Å². The van der Waals surface area contributed by atoms with E-state index in [0.29, 0.717) is 6.10 Å². The summed E-state index contributed by atoms with van der Waals surface area (Å²) in [7, 11) is 0. The lowest BCUT2D eigenvalue weighted by Gasteiger charge is -2.06. The minimum absolute atomic E-state index is 0.325. The van der Waals surface area contributed by atoms with Gasteiger partial charge < -0.3 is 9.30 Å². The molecule has 1 aromatic rings. The Bertz CT molecular complexity index is 196. The van der Waals surface area contributed by atoms with Gasteiger partial charge >= 0.3 is 0 Å². The van der Waals surface area contributed by atoms with E-state index in [2.05, 4.69) is 10.2 Å². The predicted octanol–water partition coefficient (Wildman–Crippen LogP) is 1.09. The summed E-state index contributed by atoms with van der Waals surface area (Å²) in [4.78, 5) is 0. The van der Waals surface area contributed by atoms with Crippen LogP contribution in [0.4, 0.5) is 0 Å². The molecule has 68 valence electrons. The first-order chi connectivity index (χ1) is 5.79. The second kappa shape index (κ2) is 4.87. The minimum atomic E-state index is 0.325. The van der Waals surface area contributed by atoms with Crippen LogP contribution in [0.3, 0.4) is 0 Å². The highest BCUT2D eigenvalue weighted by atomic mass is 16.5. The second-order valence-electron chi connectivity index (χ2n) is 2.97. The Morgan fingerprint density at radius 3 is 2.58 bits per heavy atom. The zero-order chi connectivity index (χ0) is 8.81. The second-order valence-corrected chi connectivity index (χ2v) is 2.97. The van der Waals surface area contributed by atoms with Gasteiger partial charge in [0.15, 0.2) is 0 Å². The van der Waals surface area contributed by atoms with Crippen LogP contribution in [0.2, 0.25) is 0 Å². The van der Waals surface area contributed by atoms with Crippen LogP contribution < -0.4 is 0 Å². The van der Waals surface area contributed by atoms with Crippen molar-refractivity contribution < 1.29 is 4.74 Å².